The number of aliphatic hydroxyl groups excluding tert-OH is 1. The number of nitrogens with two attached hydrogens (primary N) is 1. The fourth-order valence-corrected chi connectivity index (χ4v) is 3.76. The highest BCUT2D eigenvalue weighted by molar-refractivity contribution is 7.91. The molecule has 0 spiro atoms. The van der Waals surface area contributed by atoms with Gasteiger partial charge in [-0.2, -0.15) is 0 Å². The van der Waals surface area contributed by atoms with E-state index in [-0.39, 0.29) is 23.5 Å². The first-order chi connectivity index (χ1) is 7.49. The van der Waals surface area contributed by atoms with Crippen LogP contribution in [0.4, 0.5) is 0 Å². The summed E-state index contributed by atoms with van der Waals surface area (Å²) in [5.74, 6) is 0.832. The van der Waals surface area contributed by atoms with Crippen LogP contribution in [-0.2, 0) is 9.84 Å². The second-order valence-corrected chi connectivity index (χ2v) is 7.20. The van der Waals surface area contributed by atoms with E-state index < -0.39 is 9.84 Å². The molecule has 0 aromatic carbocycles. The van der Waals surface area contributed by atoms with Gasteiger partial charge in [0, 0.05) is 17.7 Å². The van der Waals surface area contributed by atoms with Crippen LogP contribution < -0.4 is 5.73 Å². The number of hydrogen-bond donors (Lipinski definition) is 2. The van der Waals surface area contributed by atoms with Crippen LogP contribution in [0, 0.1) is 11.3 Å². The van der Waals surface area contributed by atoms with Crippen molar-refractivity contribution in [2.24, 2.45) is 17.1 Å². The molecule has 16 heavy (non-hydrogen) atoms. The van der Waals surface area contributed by atoms with Gasteiger partial charge < -0.3 is 10.8 Å². The highest BCUT2D eigenvalue weighted by Gasteiger charge is 2.44. The second-order valence-electron chi connectivity index (χ2n) is 4.90. The molecule has 1 unspecified atom stereocenters. The van der Waals surface area contributed by atoms with Crippen LogP contribution in [0.3, 0.4) is 0 Å². The van der Waals surface area contributed by atoms with E-state index in [1.165, 1.54) is 0 Å². The maximum absolute atomic E-state index is 11.6. The van der Waals surface area contributed by atoms with Crippen LogP contribution >= 0.6 is 0 Å². The molecule has 0 aliphatic heterocycles. The predicted molar refractivity (Wildman–Crippen MR) is 64.9 cm³/mol. The van der Waals surface area contributed by atoms with Gasteiger partial charge in [0.25, 0.3) is 0 Å². The summed E-state index contributed by atoms with van der Waals surface area (Å²) in [6.45, 7) is 2.26. The fourth-order valence-electron chi connectivity index (χ4n) is 2.21. The molecular weight excluding hydrogens is 226 g/mol. The lowest BCUT2D eigenvalue weighted by atomic mass is 9.81. The molecule has 1 aliphatic rings. The maximum Gasteiger partial charge on any atom is 0.150 e. The molecule has 96 valence electrons. The van der Waals surface area contributed by atoms with E-state index in [4.69, 9.17) is 5.73 Å². The summed E-state index contributed by atoms with van der Waals surface area (Å²) in [4.78, 5) is 0. The number of rotatable bonds is 8. The first-order valence-electron chi connectivity index (χ1n) is 6.01. The smallest absolute Gasteiger partial charge is 0.150 e. The summed E-state index contributed by atoms with van der Waals surface area (Å²) in [5.41, 5.74) is 5.36. The molecule has 4 nitrogen and oxygen atoms in total. The molecular formula is C11H23NO3S. The zero-order chi connectivity index (χ0) is 12.2. The molecule has 0 radical (unpaired) electrons. The van der Waals surface area contributed by atoms with Gasteiger partial charge in [-0.25, -0.2) is 8.42 Å². The molecule has 0 saturated heterocycles. The van der Waals surface area contributed by atoms with Crippen LogP contribution in [0.1, 0.15) is 32.6 Å². The third kappa shape index (κ3) is 3.43. The number of hydrogen-bond acceptors (Lipinski definition) is 4. The van der Waals surface area contributed by atoms with Gasteiger partial charge in [-0.3, -0.25) is 0 Å². The van der Waals surface area contributed by atoms with Crippen molar-refractivity contribution in [3.8, 4) is 0 Å². The molecule has 0 heterocycles. The van der Waals surface area contributed by atoms with Gasteiger partial charge in [0.2, 0.25) is 0 Å². The average molecular weight is 249 g/mol. The number of aliphatic hydroxyl groups is 1. The van der Waals surface area contributed by atoms with Crippen molar-refractivity contribution in [2.75, 3.05) is 24.7 Å². The van der Waals surface area contributed by atoms with Gasteiger partial charge in [-0.05, 0) is 31.6 Å². The highest BCUT2D eigenvalue weighted by Crippen LogP contribution is 2.47. The van der Waals surface area contributed by atoms with E-state index in [1.807, 2.05) is 6.92 Å². The van der Waals surface area contributed by atoms with E-state index in [9.17, 15) is 13.5 Å². The Morgan fingerprint density at radius 2 is 2.00 bits per heavy atom. The summed E-state index contributed by atoms with van der Waals surface area (Å²) in [6.07, 6.45) is 3.31. The van der Waals surface area contributed by atoms with E-state index in [0.29, 0.717) is 25.3 Å². The molecule has 5 heteroatoms. The lowest BCUT2D eigenvalue weighted by Gasteiger charge is -2.30. The fraction of sp³-hybridized carbons (Fsp3) is 1.00. The standard InChI is InChI=1S/C11H23NO3S/c1-2-6-16(14,15)7-5-11(8-12,9-13)10-3-4-10/h10,13H,2-9,12H2,1H3. The van der Waals surface area contributed by atoms with Gasteiger partial charge in [-0.15, -0.1) is 0 Å². The molecule has 1 rings (SSSR count). The van der Waals surface area contributed by atoms with Crippen LogP contribution in [-0.4, -0.2) is 38.2 Å². The highest BCUT2D eigenvalue weighted by atomic mass is 32.2. The average Bonchev–Trinajstić information content (AvgIpc) is 3.04. The Morgan fingerprint density at radius 1 is 1.38 bits per heavy atom. The summed E-state index contributed by atoms with van der Waals surface area (Å²) < 4.78 is 23.3. The Balaban J connectivity index is 2.56. The van der Waals surface area contributed by atoms with E-state index in [2.05, 4.69) is 0 Å². The zero-order valence-electron chi connectivity index (χ0n) is 9.98. The quantitative estimate of drug-likeness (QED) is 0.658. The largest absolute Gasteiger partial charge is 0.396 e. The molecule has 0 aromatic heterocycles. The Kier molecular flexibility index (Phi) is 4.76. The Hall–Kier alpha value is -0.130. The van der Waals surface area contributed by atoms with Gasteiger partial charge >= 0.3 is 0 Å². The van der Waals surface area contributed by atoms with Crippen LogP contribution in [0.2, 0.25) is 0 Å². The molecule has 0 bridgehead atoms. The summed E-state index contributed by atoms with van der Waals surface area (Å²) in [6, 6.07) is 0. The lowest BCUT2D eigenvalue weighted by molar-refractivity contribution is 0.105. The number of sulfone groups is 1. The molecule has 0 aromatic rings. The Morgan fingerprint density at radius 3 is 2.38 bits per heavy atom. The molecule has 1 aliphatic carbocycles. The lowest BCUT2D eigenvalue weighted by Crippen LogP contribution is -2.38. The normalized spacial score (nSPS) is 20.7. The second kappa shape index (κ2) is 5.47. The SMILES string of the molecule is CCCS(=O)(=O)CCC(CN)(CO)C1CC1. The maximum atomic E-state index is 11.6. The third-order valence-corrected chi connectivity index (χ3v) is 5.45. The summed E-state index contributed by atoms with van der Waals surface area (Å²) in [5, 5.41) is 9.44. The van der Waals surface area contributed by atoms with Crippen molar-refractivity contribution in [1.29, 1.82) is 0 Å². The molecule has 1 atom stereocenters. The molecule has 1 saturated carbocycles. The summed E-state index contributed by atoms with van der Waals surface area (Å²) >= 11 is 0. The van der Waals surface area contributed by atoms with E-state index in [0.717, 1.165) is 12.8 Å². The Bertz CT molecular complexity index is 305. The topological polar surface area (TPSA) is 80.4 Å². The van der Waals surface area contributed by atoms with Crippen molar-refractivity contribution in [3.63, 3.8) is 0 Å². The van der Waals surface area contributed by atoms with Gasteiger partial charge in [-0.1, -0.05) is 6.92 Å². The van der Waals surface area contributed by atoms with Crippen molar-refractivity contribution in [3.05, 3.63) is 0 Å². The van der Waals surface area contributed by atoms with E-state index >= 15 is 0 Å². The summed E-state index contributed by atoms with van der Waals surface area (Å²) in [7, 11) is -2.96. The van der Waals surface area contributed by atoms with Crippen LogP contribution in [0.15, 0.2) is 0 Å². The minimum atomic E-state index is -2.96. The minimum Gasteiger partial charge on any atom is -0.396 e. The molecule has 0 amide bonds. The molecule has 3 N–H and O–H groups in total. The van der Waals surface area contributed by atoms with Crippen LogP contribution in [0.5, 0.6) is 0 Å². The van der Waals surface area contributed by atoms with Gasteiger partial charge in [0.05, 0.1) is 12.4 Å². The third-order valence-electron chi connectivity index (χ3n) is 3.59. The first kappa shape index (κ1) is 13.9. The zero-order valence-corrected chi connectivity index (χ0v) is 10.8. The van der Waals surface area contributed by atoms with E-state index in [1.54, 1.807) is 0 Å². The van der Waals surface area contributed by atoms with Crippen molar-refractivity contribution >= 4 is 9.84 Å². The van der Waals surface area contributed by atoms with Crippen molar-refractivity contribution in [2.45, 2.75) is 32.6 Å². The van der Waals surface area contributed by atoms with Gasteiger partial charge in [0.1, 0.15) is 9.84 Å². The monoisotopic (exact) mass is 249 g/mol. The Labute approximate surface area is 98.1 Å². The van der Waals surface area contributed by atoms with Crippen molar-refractivity contribution in [1.82, 2.24) is 0 Å². The minimum absolute atomic E-state index is 0.00973. The van der Waals surface area contributed by atoms with Crippen molar-refractivity contribution < 1.29 is 13.5 Å². The van der Waals surface area contributed by atoms with Gasteiger partial charge in [0.15, 0.2) is 0 Å². The van der Waals surface area contributed by atoms with Crippen LogP contribution in [0.25, 0.3) is 0 Å². The molecule has 1 fully saturated rings. The predicted octanol–water partition coefficient (Wildman–Crippen LogP) is 0.549. The first-order valence-corrected chi connectivity index (χ1v) is 7.83.